The molecule has 0 unspecified atom stereocenters. The van der Waals surface area contributed by atoms with Gasteiger partial charge in [-0.15, -0.1) is 0 Å². The zero-order valence-electron chi connectivity index (χ0n) is 11.7. The predicted molar refractivity (Wildman–Crippen MR) is 83.3 cm³/mol. The molecule has 4 heteroatoms. The molecule has 0 aliphatic heterocycles. The van der Waals surface area contributed by atoms with Crippen LogP contribution in [0.2, 0.25) is 0 Å². The molecule has 1 saturated carbocycles. The van der Waals surface area contributed by atoms with Gasteiger partial charge in [-0.05, 0) is 49.6 Å². The standard InChI is InChI=1S/C16H19BrN2O/c1-2-19(9-12-3-4-12)10-15-11-20-16(18-15)13-5-7-14(17)8-6-13/h5-8,11-12H,2-4,9-10H2,1H3. The number of rotatable bonds is 6. The van der Waals surface area contributed by atoms with Crippen LogP contribution < -0.4 is 0 Å². The Kier molecular flexibility index (Phi) is 4.22. The van der Waals surface area contributed by atoms with Crippen LogP contribution in [0.15, 0.2) is 39.4 Å². The molecular weight excluding hydrogens is 316 g/mol. The number of hydrogen-bond donors (Lipinski definition) is 0. The highest BCUT2D eigenvalue weighted by atomic mass is 79.9. The number of oxazole rings is 1. The van der Waals surface area contributed by atoms with Gasteiger partial charge in [-0.3, -0.25) is 4.90 Å². The van der Waals surface area contributed by atoms with E-state index in [1.807, 2.05) is 24.3 Å². The number of halogens is 1. The molecule has 3 rings (SSSR count). The van der Waals surface area contributed by atoms with Crippen molar-refractivity contribution in [2.45, 2.75) is 26.3 Å². The first-order valence-electron chi connectivity index (χ1n) is 7.17. The van der Waals surface area contributed by atoms with E-state index in [9.17, 15) is 0 Å². The summed E-state index contributed by atoms with van der Waals surface area (Å²) in [5.41, 5.74) is 2.04. The van der Waals surface area contributed by atoms with Gasteiger partial charge >= 0.3 is 0 Å². The molecule has 2 aromatic rings. The van der Waals surface area contributed by atoms with Gasteiger partial charge in [0.1, 0.15) is 6.26 Å². The maximum Gasteiger partial charge on any atom is 0.226 e. The number of hydrogen-bond acceptors (Lipinski definition) is 3. The molecule has 0 spiro atoms. The fourth-order valence-electron chi connectivity index (χ4n) is 2.30. The van der Waals surface area contributed by atoms with Crippen LogP contribution in [0.25, 0.3) is 11.5 Å². The Balaban J connectivity index is 1.67. The number of nitrogens with zero attached hydrogens (tertiary/aromatic N) is 2. The van der Waals surface area contributed by atoms with Gasteiger partial charge in [-0.25, -0.2) is 4.98 Å². The highest BCUT2D eigenvalue weighted by Crippen LogP contribution is 2.30. The fraction of sp³-hybridized carbons (Fsp3) is 0.438. The molecular formula is C16H19BrN2O. The maximum atomic E-state index is 5.60. The van der Waals surface area contributed by atoms with E-state index in [1.165, 1.54) is 19.4 Å². The zero-order valence-corrected chi connectivity index (χ0v) is 13.3. The van der Waals surface area contributed by atoms with Crippen LogP contribution in [0.3, 0.4) is 0 Å². The monoisotopic (exact) mass is 334 g/mol. The summed E-state index contributed by atoms with van der Waals surface area (Å²) in [6.45, 7) is 5.35. The molecule has 1 aromatic carbocycles. The molecule has 1 heterocycles. The minimum absolute atomic E-state index is 0.704. The second-order valence-corrected chi connectivity index (χ2v) is 6.34. The Hall–Kier alpha value is -1.13. The Morgan fingerprint density at radius 2 is 2.05 bits per heavy atom. The first-order valence-corrected chi connectivity index (χ1v) is 7.96. The summed E-state index contributed by atoms with van der Waals surface area (Å²) in [7, 11) is 0. The summed E-state index contributed by atoms with van der Waals surface area (Å²) in [4.78, 5) is 7.05. The Morgan fingerprint density at radius 1 is 1.30 bits per heavy atom. The van der Waals surface area contributed by atoms with Crippen LogP contribution in [-0.2, 0) is 6.54 Å². The molecule has 1 aliphatic rings. The Morgan fingerprint density at radius 3 is 2.70 bits per heavy atom. The summed E-state index contributed by atoms with van der Waals surface area (Å²) in [5.74, 6) is 1.61. The Labute approximate surface area is 128 Å². The van der Waals surface area contributed by atoms with Crippen LogP contribution in [0.4, 0.5) is 0 Å². The predicted octanol–water partition coefficient (Wildman–Crippen LogP) is 4.34. The lowest BCUT2D eigenvalue weighted by Gasteiger charge is -2.18. The lowest BCUT2D eigenvalue weighted by molar-refractivity contribution is 0.265. The van der Waals surface area contributed by atoms with E-state index in [-0.39, 0.29) is 0 Å². The summed E-state index contributed by atoms with van der Waals surface area (Å²) in [6, 6.07) is 8.04. The highest BCUT2D eigenvalue weighted by Gasteiger charge is 2.24. The van der Waals surface area contributed by atoms with E-state index in [4.69, 9.17) is 4.42 Å². The minimum Gasteiger partial charge on any atom is -0.444 e. The maximum absolute atomic E-state index is 5.60. The summed E-state index contributed by atoms with van der Waals surface area (Å²) in [6.07, 6.45) is 4.56. The lowest BCUT2D eigenvalue weighted by atomic mass is 10.2. The number of aromatic nitrogens is 1. The molecule has 0 radical (unpaired) electrons. The third-order valence-electron chi connectivity index (χ3n) is 3.69. The highest BCUT2D eigenvalue weighted by molar-refractivity contribution is 9.10. The largest absolute Gasteiger partial charge is 0.444 e. The van der Waals surface area contributed by atoms with Gasteiger partial charge in [0.25, 0.3) is 0 Å². The zero-order chi connectivity index (χ0) is 13.9. The molecule has 20 heavy (non-hydrogen) atoms. The van der Waals surface area contributed by atoms with Crippen LogP contribution >= 0.6 is 15.9 Å². The topological polar surface area (TPSA) is 29.3 Å². The van der Waals surface area contributed by atoms with Crippen LogP contribution in [0.5, 0.6) is 0 Å². The van der Waals surface area contributed by atoms with Crippen molar-refractivity contribution in [3.8, 4) is 11.5 Å². The second-order valence-electron chi connectivity index (χ2n) is 5.42. The first-order chi connectivity index (χ1) is 9.74. The second kappa shape index (κ2) is 6.10. The van der Waals surface area contributed by atoms with Gasteiger partial charge in [-0.2, -0.15) is 0 Å². The van der Waals surface area contributed by atoms with Crippen LogP contribution in [0.1, 0.15) is 25.5 Å². The van der Waals surface area contributed by atoms with Crippen molar-refractivity contribution in [2.75, 3.05) is 13.1 Å². The molecule has 0 amide bonds. The average molecular weight is 335 g/mol. The lowest BCUT2D eigenvalue weighted by Crippen LogP contribution is -2.25. The van der Waals surface area contributed by atoms with Gasteiger partial charge in [-0.1, -0.05) is 22.9 Å². The van der Waals surface area contributed by atoms with Crippen molar-refractivity contribution in [1.29, 1.82) is 0 Å². The molecule has 0 N–H and O–H groups in total. The van der Waals surface area contributed by atoms with Crippen molar-refractivity contribution in [3.63, 3.8) is 0 Å². The molecule has 1 aliphatic carbocycles. The average Bonchev–Trinajstić information content (AvgIpc) is 3.15. The van der Waals surface area contributed by atoms with Crippen molar-refractivity contribution in [3.05, 3.63) is 40.7 Å². The molecule has 106 valence electrons. The molecule has 1 fully saturated rings. The van der Waals surface area contributed by atoms with E-state index in [0.717, 1.165) is 34.7 Å². The summed E-state index contributed by atoms with van der Waals surface area (Å²) in [5, 5.41) is 0. The smallest absolute Gasteiger partial charge is 0.226 e. The molecule has 0 bridgehead atoms. The minimum atomic E-state index is 0.704. The van der Waals surface area contributed by atoms with Crippen LogP contribution in [0, 0.1) is 5.92 Å². The third kappa shape index (κ3) is 3.49. The summed E-state index contributed by atoms with van der Waals surface area (Å²) < 4.78 is 6.67. The SMILES string of the molecule is CCN(Cc1coc(-c2ccc(Br)cc2)n1)CC1CC1. The van der Waals surface area contributed by atoms with Gasteiger partial charge in [0, 0.05) is 23.1 Å². The first kappa shape index (κ1) is 13.8. The van der Waals surface area contributed by atoms with Gasteiger partial charge in [0.05, 0.1) is 5.69 Å². The molecule has 0 atom stereocenters. The van der Waals surface area contributed by atoms with Gasteiger partial charge < -0.3 is 4.42 Å². The normalized spacial score (nSPS) is 14.9. The third-order valence-corrected chi connectivity index (χ3v) is 4.22. The fourth-order valence-corrected chi connectivity index (χ4v) is 2.57. The van der Waals surface area contributed by atoms with E-state index < -0.39 is 0 Å². The summed E-state index contributed by atoms with van der Waals surface area (Å²) >= 11 is 3.44. The molecule has 1 aromatic heterocycles. The van der Waals surface area contributed by atoms with Gasteiger partial charge in [0.2, 0.25) is 5.89 Å². The van der Waals surface area contributed by atoms with E-state index >= 15 is 0 Å². The Bertz CT molecular complexity index is 560. The van der Waals surface area contributed by atoms with E-state index in [1.54, 1.807) is 6.26 Å². The van der Waals surface area contributed by atoms with Crippen LogP contribution in [-0.4, -0.2) is 23.0 Å². The molecule has 0 saturated heterocycles. The quantitative estimate of drug-likeness (QED) is 0.787. The van der Waals surface area contributed by atoms with Gasteiger partial charge in [0.15, 0.2) is 0 Å². The van der Waals surface area contributed by atoms with Crippen molar-refractivity contribution < 1.29 is 4.42 Å². The van der Waals surface area contributed by atoms with Crippen molar-refractivity contribution >= 4 is 15.9 Å². The van der Waals surface area contributed by atoms with Crippen molar-refractivity contribution in [2.24, 2.45) is 5.92 Å². The van der Waals surface area contributed by atoms with E-state index in [2.05, 4.69) is 32.7 Å². The molecule has 3 nitrogen and oxygen atoms in total. The van der Waals surface area contributed by atoms with E-state index in [0.29, 0.717) is 5.89 Å². The number of benzene rings is 1. The van der Waals surface area contributed by atoms with Crippen molar-refractivity contribution in [1.82, 2.24) is 9.88 Å².